The first-order chi connectivity index (χ1) is 21.6. The third-order valence-corrected chi connectivity index (χ3v) is 10.0. The van der Waals surface area contributed by atoms with Crippen LogP contribution in [0.2, 0.25) is 5.02 Å². The summed E-state index contributed by atoms with van der Waals surface area (Å²) in [5.74, 6) is 0. The molecule has 1 aliphatic heterocycles. The molecule has 1 amide bonds. The SMILES string of the molecule is Cn1cncc1[C@H](NC(=O)OC1(C)CC1)C1=Cc2cccnc2[C@@H](N2CCN(C(O)OCC3(C)CC3)CC2)c2ccc(Cl)cc21. The fourth-order valence-corrected chi connectivity index (χ4v) is 6.53. The Kier molecular flexibility index (Phi) is 7.98. The van der Waals surface area contributed by atoms with Crippen molar-refractivity contribution in [3.8, 4) is 0 Å². The van der Waals surface area contributed by atoms with Crippen molar-refractivity contribution in [3.63, 3.8) is 0 Å². The Morgan fingerprint density at radius 2 is 1.93 bits per heavy atom. The Balaban J connectivity index is 1.23. The number of nitrogens with zero attached hydrogens (tertiary/aromatic N) is 5. The van der Waals surface area contributed by atoms with Gasteiger partial charge in [0.25, 0.3) is 0 Å². The van der Waals surface area contributed by atoms with E-state index in [0.717, 1.165) is 59.3 Å². The number of hydrogen-bond acceptors (Lipinski definition) is 8. The van der Waals surface area contributed by atoms with Gasteiger partial charge in [0.15, 0.2) is 0 Å². The predicted molar refractivity (Wildman–Crippen MR) is 171 cm³/mol. The van der Waals surface area contributed by atoms with Crippen molar-refractivity contribution >= 4 is 29.3 Å². The van der Waals surface area contributed by atoms with Crippen LogP contribution in [0.4, 0.5) is 4.79 Å². The van der Waals surface area contributed by atoms with Crippen LogP contribution in [0.15, 0.2) is 49.1 Å². The van der Waals surface area contributed by atoms with E-state index in [-0.39, 0.29) is 11.5 Å². The number of piperazine rings is 1. The standard InChI is InChI=1S/C34H41ClN6O4/c1-33(8-9-33)20-44-32(43)41-15-13-40(14-16-41)30-24-7-6-23(35)18-25(24)26(17-22-5-4-12-37-28(22)30)29(27-19-36-21-39(27)3)38-31(42)45-34(2)10-11-34/h4-7,12,17-19,21,29-30,32,43H,8-11,13-16,20H2,1-3H3,(H,38,42)/t29-,30+,32?/m1/s1. The first-order valence-corrected chi connectivity index (χ1v) is 16.2. The third-order valence-electron chi connectivity index (χ3n) is 9.79. The van der Waals surface area contributed by atoms with E-state index in [1.807, 2.05) is 47.8 Å². The normalized spacial score (nSPS) is 23.1. The Hall–Kier alpha value is -3.28. The number of rotatable bonds is 9. The number of pyridine rings is 1. The molecule has 1 saturated heterocycles. The molecule has 2 N–H and O–H groups in total. The van der Waals surface area contributed by atoms with E-state index in [1.165, 1.54) is 0 Å². The number of ether oxygens (including phenoxy) is 2. The lowest BCUT2D eigenvalue weighted by atomic mass is 9.90. The first-order valence-electron chi connectivity index (χ1n) is 15.8. The van der Waals surface area contributed by atoms with Crippen LogP contribution in [0.25, 0.3) is 11.6 Å². The van der Waals surface area contributed by atoms with Gasteiger partial charge in [0.05, 0.1) is 42.6 Å². The summed E-state index contributed by atoms with van der Waals surface area (Å²) in [5.41, 5.74) is 5.36. The highest BCUT2D eigenvalue weighted by Gasteiger charge is 2.43. The second-order valence-corrected chi connectivity index (χ2v) is 14.0. The number of halogens is 1. The average Bonchev–Trinajstić information content (AvgIpc) is 3.92. The molecule has 4 aliphatic rings. The van der Waals surface area contributed by atoms with Crippen LogP contribution < -0.4 is 5.32 Å². The molecule has 45 heavy (non-hydrogen) atoms. The number of carbonyl (C=O) groups excluding carboxylic acids is 1. The molecule has 1 aromatic carbocycles. The van der Waals surface area contributed by atoms with E-state index < -0.39 is 24.2 Å². The molecule has 3 fully saturated rings. The van der Waals surface area contributed by atoms with Gasteiger partial charge in [0.2, 0.25) is 6.41 Å². The molecule has 3 heterocycles. The second-order valence-electron chi connectivity index (χ2n) is 13.6. The van der Waals surface area contributed by atoms with Crippen LogP contribution in [0.3, 0.4) is 0 Å². The zero-order chi connectivity index (χ0) is 31.3. The Bertz CT molecular complexity index is 1610. The summed E-state index contributed by atoms with van der Waals surface area (Å²) in [5, 5.41) is 14.6. The molecule has 0 bridgehead atoms. The second kappa shape index (κ2) is 11.8. The van der Waals surface area contributed by atoms with Gasteiger partial charge >= 0.3 is 6.09 Å². The van der Waals surface area contributed by atoms with Crippen LogP contribution in [0, 0.1) is 5.41 Å². The number of alkyl carbamates (subject to hydrolysis) is 1. The third kappa shape index (κ3) is 6.39. The van der Waals surface area contributed by atoms with Gasteiger partial charge in [-0.05, 0) is 84.6 Å². The van der Waals surface area contributed by atoms with Gasteiger partial charge in [-0.1, -0.05) is 30.7 Å². The molecule has 3 aliphatic carbocycles. The maximum Gasteiger partial charge on any atom is 0.408 e. The van der Waals surface area contributed by atoms with Gasteiger partial charge in [-0.15, -0.1) is 0 Å². The van der Waals surface area contributed by atoms with Crippen LogP contribution >= 0.6 is 11.6 Å². The maximum atomic E-state index is 13.3. The highest BCUT2D eigenvalue weighted by atomic mass is 35.5. The molecule has 0 radical (unpaired) electrons. The van der Waals surface area contributed by atoms with Gasteiger partial charge in [0, 0.05) is 44.4 Å². The largest absolute Gasteiger partial charge is 0.443 e. The zero-order valence-electron chi connectivity index (χ0n) is 26.1. The minimum absolute atomic E-state index is 0.169. The molecule has 2 saturated carbocycles. The van der Waals surface area contributed by atoms with Crippen molar-refractivity contribution in [3.05, 3.63) is 82.2 Å². The van der Waals surface area contributed by atoms with Gasteiger partial charge in [-0.25, -0.2) is 9.78 Å². The monoisotopic (exact) mass is 632 g/mol. The highest BCUT2D eigenvalue weighted by molar-refractivity contribution is 6.30. The number of aliphatic hydroxyl groups is 1. The fourth-order valence-electron chi connectivity index (χ4n) is 6.36. The van der Waals surface area contributed by atoms with E-state index in [9.17, 15) is 9.90 Å². The van der Waals surface area contributed by atoms with E-state index in [2.05, 4.69) is 40.3 Å². The summed E-state index contributed by atoms with van der Waals surface area (Å²) in [4.78, 5) is 27.0. The number of nitrogens with one attached hydrogen (secondary N) is 1. The van der Waals surface area contributed by atoms with Crippen molar-refractivity contribution in [1.82, 2.24) is 29.7 Å². The van der Waals surface area contributed by atoms with Crippen molar-refractivity contribution in [2.75, 3.05) is 32.8 Å². The van der Waals surface area contributed by atoms with E-state index in [1.54, 1.807) is 12.5 Å². The van der Waals surface area contributed by atoms with E-state index in [4.69, 9.17) is 26.1 Å². The number of benzene rings is 1. The van der Waals surface area contributed by atoms with Crippen LogP contribution in [-0.2, 0) is 16.5 Å². The number of aliphatic hydroxyl groups excluding tert-OH is 1. The Labute approximate surface area is 269 Å². The number of carbonyl (C=O) groups is 1. The Morgan fingerprint density at radius 1 is 1.16 bits per heavy atom. The van der Waals surface area contributed by atoms with Crippen molar-refractivity contribution in [2.24, 2.45) is 12.5 Å². The van der Waals surface area contributed by atoms with Crippen molar-refractivity contribution in [1.29, 1.82) is 0 Å². The van der Waals surface area contributed by atoms with Crippen molar-refractivity contribution in [2.45, 2.75) is 63.6 Å². The molecule has 1 unspecified atom stereocenters. The molecule has 3 aromatic rings. The summed E-state index contributed by atoms with van der Waals surface area (Å²) in [6.07, 6.45) is 10.1. The van der Waals surface area contributed by atoms with Gasteiger partial charge in [-0.3, -0.25) is 14.8 Å². The molecule has 0 spiro atoms. The number of aromatic nitrogens is 3. The molecule has 7 rings (SSSR count). The van der Waals surface area contributed by atoms with Crippen LogP contribution in [0.5, 0.6) is 0 Å². The molecule has 238 valence electrons. The van der Waals surface area contributed by atoms with Gasteiger partial charge in [-0.2, -0.15) is 0 Å². The predicted octanol–water partition coefficient (Wildman–Crippen LogP) is 5.14. The topological polar surface area (TPSA) is 105 Å². The molecule has 11 heteroatoms. The highest BCUT2D eigenvalue weighted by Crippen LogP contribution is 2.46. The summed E-state index contributed by atoms with van der Waals surface area (Å²) in [6, 6.07) is 9.25. The average molecular weight is 633 g/mol. The number of amides is 1. The smallest absolute Gasteiger partial charge is 0.408 e. The number of imidazole rings is 1. The number of fused-ring (bicyclic) bond motifs is 2. The van der Waals surface area contributed by atoms with E-state index in [0.29, 0.717) is 37.8 Å². The van der Waals surface area contributed by atoms with E-state index >= 15 is 0 Å². The molecular formula is C34H41ClN6O4. The summed E-state index contributed by atoms with van der Waals surface area (Å²) >= 11 is 6.69. The minimum Gasteiger partial charge on any atom is -0.443 e. The van der Waals surface area contributed by atoms with Crippen LogP contribution in [-0.4, -0.2) is 80.3 Å². The maximum absolute atomic E-state index is 13.3. The van der Waals surface area contributed by atoms with Gasteiger partial charge < -0.3 is 24.5 Å². The first kappa shape index (κ1) is 30.4. The quantitative estimate of drug-likeness (QED) is 0.313. The number of aryl methyl sites for hydroxylation is 1. The minimum atomic E-state index is -0.910. The molecular weight excluding hydrogens is 592 g/mol. The molecule has 3 atom stereocenters. The lowest BCUT2D eigenvalue weighted by Crippen LogP contribution is -2.52. The number of hydrogen-bond donors (Lipinski definition) is 2. The molecule has 10 nitrogen and oxygen atoms in total. The molecule has 2 aromatic heterocycles. The van der Waals surface area contributed by atoms with Crippen molar-refractivity contribution < 1.29 is 19.4 Å². The summed E-state index contributed by atoms with van der Waals surface area (Å²) < 4.78 is 13.6. The lowest BCUT2D eigenvalue weighted by molar-refractivity contribution is -0.208. The fraction of sp³-hybridized carbons (Fsp3) is 0.500. The summed E-state index contributed by atoms with van der Waals surface area (Å²) in [6.45, 7) is 7.47. The summed E-state index contributed by atoms with van der Waals surface area (Å²) in [7, 11) is 1.92. The van der Waals surface area contributed by atoms with Crippen LogP contribution in [0.1, 0.15) is 79.7 Å². The lowest BCUT2D eigenvalue weighted by Gasteiger charge is -2.41. The van der Waals surface area contributed by atoms with Gasteiger partial charge in [0.1, 0.15) is 5.60 Å². The Morgan fingerprint density at radius 3 is 2.62 bits per heavy atom. The zero-order valence-corrected chi connectivity index (χ0v) is 26.8.